The molecule has 4 amide bonds. The molecule has 1 aliphatic rings. The Morgan fingerprint density at radius 3 is 2.40 bits per heavy atom. The lowest BCUT2D eigenvalue weighted by Gasteiger charge is -2.27. The molecule has 2 atom stereocenters. The molecule has 2 unspecified atom stereocenters. The number of amides is 4. The SMILES string of the molecule is COCC(NC(=O)OC)C(=O)N1CCCC1c1nc2ccc(-c3ccc4cc(-c5cnc(CCCCNC(=O)CNC(=O)OC)[nH]5)ccc4c3)cc2[nH]1. The molecule has 0 radical (unpaired) electrons. The first kappa shape index (κ1) is 36.8. The van der Waals surface area contributed by atoms with E-state index in [4.69, 9.17) is 14.5 Å². The first-order chi connectivity index (χ1) is 25.8. The van der Waals surface area contributed by atoms with Gasteiger partial charge in [-0.1, -0.05) is 30.3 Å². The van der Waals surface area contributed by atoms with E-state index in [1.165, 1.54) is 21.3 Å². The molecular formula is C38H44N8O7. The van der Waals surface area contributed by atoms with Crippen LogP contribution in [-0.2, 0) is 30.2 Å². The number of nitrogens with zero attached hydrogens (tertiary/aromatic N) is 3. The number of hydrogen-bond donors (Lipinski definition) is 5. The van der Waals surface area contributed by atoms with Crippen molar-refractivity contribution in [1.29, 1.82) is 0 Å². The highest BCUT2D eigenvalue weighted by Gasteiger charge is 2.36. The molecule has 0 spiro atoms. The highest BCUT2D eigenvalue weighted by Crippen LogP contribution is 2.34. The summed E-state index contributed by atoms with van der Waals surface area (Å²) in [6.45, 7) is 0.976. The second-order valence-corrected chi connectivity index (χ2v) is 12.9. The van der Waals surface area contributed by atoms with Gasteiger partial charge < -0.3 is 45.0 Å². The fourth-order valence-electron chi connectivity index (χ4n) is 6.59. The number of benzene rings is 3. The Balaban J connectivity index is 1.08. The number of imidazole rings is 2. The highest BCUT2D eigenvalue weighted by molar-refractivity contribution is 5.92. The first-order valence-corrected chi connectivity index (χ1v) is 17.6. The van der Waals surface area contributed by atoms with Crippen molar-refractivity contribution in [2.45, 2.75) is 44.2 Å². The van der Waals surface area contributed by atoms with E-state index in [9.17, 15) is 19.2 Å². The van der Waals surface area contributed by atoms with Crippen LogP contribution < -0.4 is 16.0 Å². The number of aryl methyl sites for hydroxylation is 1. The van der Waals surface area contributed by atoms with Gasteiger partial charge in [-0.3, -0.25) is 9.59 Å². The third kappa shape index (κ3) is 8.92. The zero-order chi connectivity index (χ0) is 37.3. The topological polar surface area (TPSA) is 193 Å². The Bertz CT molecular complexity index is 2090. The van der Waals surface area contributed by atoms with Crippen LogP contribution in [0.1, 0.15) is 43.4 Å². The number of aromatic amines is 2. The van der Waals surface area contributed by atoms with Gasteiger partial charge in [-0.25, -0.2) is 19.6 Å². The normalized spacial score (nSPS) is 14.6. The molecule has 0 saturated carbocycles. The van der Waals surface area contributed by atoms with Gasteiger partial charge in [-0.2, -0.15) is 0 Å². The van der Waals surface area contributed by atoms with E-state index in [1.54, 1.807) is 4.90 Å². The molecule has 15 nitrogen and oxygen atoms in total. The maximum Gasteiger partial charge on any atom is 0.407 e. The van der Waals surface area contributed by atoms with Crippen molar-refractivity contribution in [2.24, 2.45) is 0 Å². The van der Waals surface area contributed by atoms with E-state index >= 15 is 0 Å². The van der Waals surface area contributed by atoms with Crippen LogP contribution in [0.5, 0.6) is 0 Å². The molecule has 53 heavy (non-hydrogen) atoms. The Labute approximate surface area is 306 Å². The number of H-pyrrole nitrogens is 2. The number of likely N-dealkylation sites (tertiary alicyclic amines) is 1. The lowest BCUT2D eigenvalue weighted by Crippen LogP contribution is -2.50. The van der Waals surface area contributed by atoms with Crippen LogP contribution in [0.3, 0.4) is 0 Å². The predicted molar refractivity (Wildman–Crippen MR) is 198 cm³/mol. The fraction of sp³-hybridized carbons (Fsp3) is 0.368. The minimum absolute atomic E-state index is 0.0322. The zero-order valence-corrected chi connectivity index (χ0v) is 30.0. The summed E-state index contributed by atoms with van der Waals surface area (Å²) in [4.78, 5) is 66.2. The Morgan fingerprint density at radius 1 is 0.887 bits per heavy atom. The highest BCUT2D eigenvalue weighted by atomic mass is 16.5. The molecule has 0 bridgehead atoms. The number of alkyl carbamates (subject to hydrolysis) is 2. The van der Waals surface area contributed by atoms with Crippen molar-refractivity contribution >= 4 is 45.8 Å². The van der Waals surface area contributed by atoms with Crippen LogP contribution in [0, 0.1) is 0 Å². The fourth-order valence-corrected chi connectivity index (χ4v) is 6.59. The van der Waals surface area contributed by atoms with Gasteiger partial charge in [0.1, 0.15) is 17.7 Å². The van der Waals surface area contributed by atoms with Crippen molar-refractivity contribution < 1.29 is 33.4 Å². The lowest BCUT2D eigenvalue weighted by atomic mass is 9.99. The standard InChI is InChI=1S/C38H44N8O7/c1-51-22-31(45-38(50)53-3)36(48)46-16-6-7-32(46)35-43-28-14-13-26(19-29(28)44-35)24-9-10-25-18-27(12-11-23(25)17-24)30-20-40-33(42-30)8-4-5-15-39-34(47)21-41-37(49)52-2/h9-14,17-20,31-32H,4-8,15-16,21-22H2,1-3H3,(H,39,47)(H,40,42)(H,41,49)(H,43,44)(H,45,50). The van der Waals surface area contributed by atoms with E-state index in [1.807, 2.05) is 12.3 Å². The molecular weight excluding hydrogens is 680 g/mol. The molecule has 1 fully saturated rings. The van der Waals surface area contributed by atoms with Crippen LogP contribution in [0.15, 0.2) is 60.8 Å². The van der Waals surface area contributed by atoms with Gasteiger partial charge in [-0.05, 0) is 71.8 Å². The zero-order valence-electron chi connectivity index (χ0n) is 30.0. The average molecular weight is 725 g/mol. The van der Waals surface area contributed by atoms with E-state index in [0.717, 1.165) is 82.1 Å². The molecule has 3 aromatic carbocycles. The number of rotatable bonds is 14. The molecule has 15 heteroatoms. The monoisotopic (exact) mass is 724 g/mol. The van der Waals surface area contributed by atoms with E-state index in [-0.39, 0.29) is 31.0 Å². The van der Waals surface area contributed by atoms with Crippen LogP contribution in [0.4, 0.5) is 9.59 Å². The van der Waals surface area contributed by atoms with Crippen molar-refractivity contribution in [3.63, 3.8) is 0 Å². The number of carbonyl (C=O) groups excluding carboxylic acids is 4. The molecule has 5 N–H and O–H groups in total. The predicted octanol–water partition coefficient (Wildman–Crippen LogP) is 4.60. The molecule has 1 aliphatic heterocycles. The third-order valence-electron chi connectivity index (χ3n) is 9.31. The summed E-state index contributed by atoms with van der Waals surface area (Å²) in [5.74, 6) is 1.09. The minimum atomic E-state index is -0.861. The largest absolute Gasteiger partial charge is 0.453 e. The number of nitrogens with one attached hydrogen (secondary N) is 5. The maximum absolute atomic E-state index is 13.5. The Morgan fingerprint density at radius 2 is 1.62 bits per heavy atom. The first-order valence-electron chi connectivity index (χ1n) is 17.6. The van der Waals surface area contributed by atoms with Crippen LogP contribution in [-0.4, -0.2) is 102 Å². The van der Waals surface area contributed by atoms with Crippen molar-refractivity contribution in [1.82, 2.24) is 40.8 Å². The second-order valence-electron chi connectivity index (χ2n) is 12.9. The molecule has 1 saturated heterocycles. The summed E-state index contributed by atoms with van der Waals surface area (Å²) in [5.41, 5.74) is 5.76. The lowest BCUT2D eigenvalue weighted by molar-refractivity contribution is -0.135. The van der Waals surface area contributed by atoms with Gasteiger partial charge in [0, 0.05) is 32.2 Å². The summed E-state index contributed by atoms with van der Waals surface area (Å²) in [6.07, 6.45) is 4.46. The summed E-state index contributed by atoms with van der Waals surface area (Å²) < 4.78 is 14.4. The van der Waals surface area contributed by atoms with E-state index in [2.05, 4.69) is 84.2 Å². The Hall–Kier alpha value is -5.96. The van der Waals surface area contributed by atoms with Crippen LogP contribution in [0.25, 0.3) is 44.2 Å². The van der Waals surface area contributed by atoms with Gasteiger partial charge in [0.05, 0.1) is 56.3 Å². The summed E-state index contributed by atoms with van der Waals surface area (Å²) in [5, 5.41) is 9.91. The van der Waals surface area contributed by atoms with Gasteiger partial charge in [0.2, 0.25) is 11.8 Å². The third-order valence-corrected chi connectivity index (χ3v) is 9.31. The maximum atomic E-state index is 13.5. The second kappa shape index (κ2) is 17.0. The van der Waals surface area contributed by atoms with Crippen molar-refractivity contribution in [2.75, 3.05) is 47.6 Å². The van der Waals surface area contributed by atoms with E-state index < -0.39 is 18.2 Å². The minimum Gasteiger partial charge on any atom is -0.453 e. The molecule has 0 aliphatic carbocycles. The van der Waals surface area contributed by atoms with Crippen LogP contribution >= 0.6 is 0 Å². The van der Waals surface area contributed by atoms with Crippen molar-refractivity contribution in [3.8, 4) is 22.4 Å². The number of unbranched alkanes of at least 4 members (excludes halogenated alkanes) is 1. The number of methoxy groups -OCH3 is 3. The van der Waals surface area contributed by atoms with Gasteiger partial charge >= 0.3 is 12.2 Å². The molecule has 3 heterocycles. The van der Waals surface area contributed by atoms with Crippen molar-refractivity contribution in [3.05, 3.63) is 72.4 Å². The Kier molecular flexibility index (Phi) is 11.8. The molecule has 5 aromatic rings. The molecule has 6 rings (SSSR count). The smallest absolute Gasteiger partial charge is 0.407 e. The quantitative estimate of drug-likeness (QED) is 0.102. The van der Waals surface area contributed by atoms with E-state index in [0.29, 0.717) is 18.9 Å². The van der Waals surface area contributed by atoms with Gasteiger partial charge in [0.25, 0.3) is 0 Å². The summed E-state index contributed by atoms with van der Waals surface area (Å²) in [6, 6.07) is 17.7. The number of hydrogen-bond acceptors (Lipinski definition) is 9. The number of ether oxygens (including phenoxy) is 3. The number of carbonyl (C=O) groups is 4. The summed E-state index contributed by atoms with van der Waals surface area (Å²) >= 11 is 0. The number of fused-ring (bicyclic) bond motifs is 2. The average Bonchev–Trinajstić information content (AvgIpc) is 3.96. The molecule has 2 aromatic heterocycles. The van der Waals surface area contributed by atoms with Gasteiger partial charge in [-0.15, -0.1) is 0 Å². The summed E-state index contributed by atoms with van der Waals surface area (Å²) in [7, 11) is 3.99. The molecule has 278 valence electrons. The van der Waals surface area contributed by atoms with Gasteiger partial charge in [0.15, 0.2) is 0 Å². The number of aromatic nitrogens is 4. The van der Waals surface area contributed by atoms with Crippen LogP contribution in [0.2, 0.25) is 0 Å².